The molecule has 6 heteroatoms. The lowest BCUT2D eigenvalue weighted by Crippen LogP contribution is -2.51. The lowest BCUT2D eigenvalue weighted by Gasteiger charge is -2.42. The molecule has 0 atom stereocenters. The Morgan fingerprint density at radius 1 is 1.35 bits per heavy atom. The Balaban J connectivity index is 2.18. The van der Waals surface area contributed by atoms with E-state index in [1.54, 1.807) is 6.07 Å². The number of hydrogen-bond donors (Lipinski definition) is 2. The Morgan fingerprint density at radius 3 is 2.53 bits per heavy atom. The van der Waals surface area contributed by atoms with Crippen molar-refractivity contribution in [1.29, 1.82) is 0 Å². The second-order valence-corrected chi connectivity index (χ2v) is 4.29. The zero-order valence-corrected chi connectivity index (χ0v) is 8.87. The van der Waals surface area contributed by atoms with Crippen LogP contribution in [-0.4, -0.2) is 17.6 Å². The van der Waals surface area contributed by atoms with Crippen molar-refractivity contribution in [3.8, 4) is 5.75 Å². The summed E-state index contributed by atoms with van der Waals surface area (Å²) in [5.41, 5.74) is 5.75. The fraction of sp³-hybridized carbons (Fsp3) is 0.455. The molecule has 0 aliphatic heterocycles. The van der Waals surface area contributed by atoms with E-state index in [-0.39, 0.29) is 5.75 Å². The van der Waals surface area contributed by atoms with Crippen LogP contribution in [0, 0.1) is 0 Å². The lowest BCUT2D eigenvalue weighted by atomic mass is 9.70. The molecule has 2 rings (SSSR count). The molecule has 1 saturated carbocycles. The maximum Gasteiger partial charge on any atom is 0.573 e. The number of benzene rings is 1. The fourth-order valence-corrected chi connectivity index (χ4v) is 2.02. The van der Waals surface area contributed by atoms with E-state index in [9.17, 15) is 18.3 Å². The maximum absolute atomic E-state index is 12.0. The molecule has 0 amide bonds. The first-order chi connectivity index (χ1) is 7.78. The van der Waals surface area contributed by atoms with Crippen molar-refractivity contribution < 1.29 is 23.0 Å². The van der Waals surface area contributed by atoms with Crippen LogP contribution in [0.4, 0.5) is 13.2 Å². The molecule has 1 aromatic carbocycles. The highest BCUT2D eigenvalue weighted by Gasteiger charge is 2.41. The van der Waals surface area contributed by atoms with Gasteiger partial charge in [-0.05, 0) is 30.5 Å². The van der Waals surface area contributed by atoms with Gasteiger partial charge in [-0.2, -0.15) is 0 Å². The van der Waals surface area contributed by atoms with Crippen molar-refractivity contribution >= 4 is 0 Å². The molecule has 3 N–H and O–H groups in total. The summed E-state index contributed by atoms with van der Waals surface area (Å²) in [5, 5.41) is 9.21. The molecule has 1 aromatic rings. The summed E-state index contributed by atoms with van der Waals surface area (Å²) in [6.07, 6.45) is -4.49. The number of ether oxygens (including phenoxy) is 1. The minimum absolute atomic E-state index is 0.291. The van der Waals surface area contributed by atoms with E-state index in [4.69, 9.17) is 5.73 Å². The summed E-state index contributed by atoms with van der Waals surface area (Å²) in [6.45, 7) is 0. The molecular formula is C11H12F3NO2. The summed E-state index contributed by atoms with van der Waals surface area (Å²) in [4.78, 5) is 0. The van der Waals surface area contributed by atoms with Gasteiger partial charge >= 0.3 is 6.36 Å². The quantitative estimate of drug-likeness (QED) is 0.839. The molecule has 1 fully saturated rings. The molecule has 94 valence electrons. The van der Waals surface area contributed by atoms with E-state index >= 15 is 0 Å². The van der Waals surface area contributed by atoms with Gasteiger partial charge in [0.05, 0.1) is 6.10 Å². The van der Waals surface area contributed by atoms with Crippen molar-refractivity contribution in [1.82, 2.24) is 0 Å². The van der Waals surface area contributed by atoms with E-state index in [0.717, 1.165) is 0 Å². The molecule has 0 bridgehead atoms. The zero-order valence-electron chi connectivity index (χ0n) is 8.87. The Bertz CT molecular complexity index is 413. The largest absolute Gasteiger partial charge is 0.573 e. The minimum atomic E-state index is -4.71. The highest BCUT2D eigenvalue weighted by Crippen LogP contribution is 2.40. The first kappa shape index (κ1) is 12.2. The van der Waals surface area contributed by atoms with E-state index in [0.29, 0.717) is 18.4 Å². The summed E-state index contributed by atoms with van der Waals surface area (Å²) < 4.78 is 39.9. The van der Waals surface area contributed by atoms with Crippen LogP contribution < -0.4 is 10.5 Å². The van der Waals surface area contributed by atoms with Crippen LogP contribution in [0.15, 0.2) is 24.3 Å². The molecule has 0 saturated heterocycles. The number of nitrogens with two attached hydrogens (primary N) is 1. The zero-order chi connectivity index (χ0) is 12.7. The molecule has 3 nitrogen and oxygen atoms in total. The fourth-order valence-electron chi connectivity index (χ4n) is 2.02. The maximum atomic E-state index is 12.0. The van der Waals surface area contributed by atoms with Gasteiger partial charge in [-0.3, -0.25) is 0 Å². The van der Waals surface area contributed by atoms with Crippen molar-refractivity contribution in [2.45, 2.75) is 30.8 Å². The smallest absolute Gasteiger partial charge is 0.406 e. The molecular weight excluding hydrogens is 235 g/mol. The average molecular weight is 247 g/mol. The molecule has 1 aliphatic rings. The van der Waals surface area contributed by atoms with Crippen molar-refractivity contribution in [3.63, 3.8) is 0 Å². The number of alkyl halides is 3. The predicted octanol–water partition coefficient (Wildman–Crippen LogP) is 1.89. The van der Waals surface area contributed by atoms with Crippen LogP contribution in [0.1, 0.15) is 18.4 Å². The molecule has 1 aliphatic carbocycles. The van der Waals surface area contributed by atoms with Gasteiger partial charge in [0.1, 0.15) is 5.75 Å². The molecule has 0 aromatic heterocycles. The monoisotopic (exact) mass is 247 g/mol. The Labute approximate surface area is 96.0 Å². The molecule has 0 radical (unpaired) electrons. The van der Waals surface area contributed by atoms with Gasteiger partial charge in [0.2, 0.25) is 0 Å². The lowest BCUT2D eigenvalue weighted by molar-refractivity contribution is -0.274. The van der Waals surface area contributed by atoms with Gasteiger partial charge in [0.25, 0.3) is 0 Å². The van der Waals surface area contributed by atoms with Crippen LogP contribution in [0.2, 0.25) is 0 Å². The molecule has 0 spiro atoms. The number of halogens is 3. The Morgan fingerprint density at radius 2 is 2.00 bits per heavy atom. The highest BCUT2D eigenvalue weighted by atomic mass is 19.4. The third-order valence-electron chi connectivity index (χ3n) is 2.84. The third kappa shape index (κ3) is 2.70. The van der Waals surface area contributed by atoms with Crippen LogP contribution in [-0.2, 0) is 5.54 Å². The number of rotatable bonds is 2. The number of aliphatic hydroxyl groups excluding tert-OH is 1. The van der Waals surface area contributed by atoms with Crippen LogP contribution in [0.3, 0.4) is 0 Å². The first-order valence-corrected chi connectivity index (χ1v) is 5.12. The topological polar surface area (TPSA) is 55.5 Å². The van der Waals surface area contributed by atoms with E-state index in [1.807, 2.05) is 0 Å². The summed E-state index contributed by atoms with van der Waals surface area (Å²) in [5.74, 6) is -0.291. The van der Waals surface area contributed by atoms with Crippen molar-refractivity contribution in [2.75, 3.05) is 0 Å². The summed E-state index contributed by atoms with van der Waals surface area (Å²) in [7, 11) is 0. The van der Waals surface area contributed by atoms with Crippen LogP contribution in [0.25, 0.3) is 0 Å². The van der Waals surface area contributed by atoms with E-state index < -0.39 is 18.0 Å². The molecule has 17 heavy (non-hydrogen) atoms. The molecule has 0 heterocycles. The highest BCUT2D eigenvalue weighted by molar-refractivity contribution is 5.35. The van der Waals surface area contributed by atoms with Crippen molar-refractivity contribution in [3.05, 3.63) is 29.8 Å². The Kier molecular flexibility index (Phi) is 2.79. The third-order valence-corrected chi connectivity index (χ3v) is 2.84. The molecule has 0 unspecified atom stereocenters. The SMILES string of the molecule is NC1(c2cccc(OC(F)(F)F)c2)CC(O)C1. The van der Waals surface area contributed by atoms with Gasteiger partial charge in [0, 0.05) is 5.54 Å². The van der Waals surface area contributed by atoms with Crippen LogP contribution >= 0.6 is 0 Å². The predicted molar refractivity (Wildman–Crippen MR) is 54.2 cm³/mol. The van der Waals surface area contributed by atoms with Gasteiger partial charge < -0.3 is 15.6 Å². The number of aliphatic hydroxyl groups is 1. The normalized spacial score (nSPS) is 28.6. The minimum Gasteiger partial charge on any atom is -0.406 e. The summed E-state index contributed by atoms with van der Waals surface area (Å²) >= 11 is 0. The number of hydrogen-bond acceptors (Lipinski definition) is 3. The average Bonchev–Trinajstić information content (AvgIpc) is 2.13. The standard InChI is InChI=1S/C11H12F3NO2/c12-11(13,14)17-9-3-1-2-7(4-9)10(15)5-8(16)6-10/h1-4,8,16H,5-6,15H2. The van der Waals surface area contributed by atoms with Gasteiger partial charge in [-0.25, -0.2) is 0 Å². The summed E-state index contributed by atoms with van der Waals surface area (Å²) in [6, 6.07) is 5.57. The van der Waals surface area contributed by atoms with Crippen LogP contribution in [0.5, 0.6) is 5.75 Å². The second kappa shape index (κ2) is 3.89. The second-order valence-electron chi connectivity index (χ2n) is 4.29. The van der Waals surface area contributed by atoms with Gasteiger partial charge in [0.15, 0.2) is 0 Å². The first-order valence-electron chi connectivity index (χ1n) is 5.12. The van der Waals surface area contributed by atoms with E-state index in [2.05, 4.69) is 4.74 Å². The van der Waals surface area contributed by atoms with Gasteiger partial charge in [-0.1, -0.05) is 12.1 Å². The van der Waals surface area contributed by atoms with E-state index in [1.165, 1.54) is 18.2 Å². The van der Waals surface area contributed by atoms with Gasteiger partial charge in [-0.15, -0.1) is 13.2 Å². The Hall–Kier alpha value is -1.27. The van der Waals surface area contributed by atoms with Crippen molar-refractivity contribution in [2.24, 2.45) is 5.73 Å².